The van der Waals surface area contributed by atoms with Crippen molar-refractivity contribution in [2.75, 3.05) is 5.32 Å². The zero-order valence-corrected chi connectivity index (χ0v) is 21.2. The number of hydrogen-bond acceptors (Lipinski definition) is 8. The summed E-state index contributed by atoms with van der Waals surface area (Å²) in [5, 5.41) is 11.5. The van der Waals surface area contributed by atoms with Gasteiger partial charge in [-0.3, -0.25) is 0 Å². The van der Waals surface area contributed by atoms with Crippen LogP contribution in [0.3, 0.4) is 0 Å². The van der Waals surface area contributed by atoms with Crippen LogP contribution >= 0.6 is 23.7 Å². The van der Waals surface area contributed by atoms with E-state index in [1.54, 1.807) is 50.4 Å². The van der Waals surface area contributed by atoms with Gasteiger partial charge in [0, 0.05) is 28.9 Å². The van der Waals surface area contributed by atoms with E-state index in [2.05, 4.69) is 25.2 Å². The lowest BCUT2D eigenvalue weighted by atomic mass is 9.90. The predicted octanol–water partition coefficient (Wildman–Crippen LogP) is 5.65. The lowest BCUT2D eigenvalue weighted by Crippen LogP contribution is -2.40. The van der Waals surface area contributed by atoms with E-state index in [-0.39, 0.29) is 23.2 Å². The SMILES string of the molecule is CC(C)(C)NS(=O)(=O)c1cc(Nc2nncn2SF)ccc1-c1cnc(C2CCCCC2)s1. The summed E-state index contributed by atoms with van der Waals surface area (Å²) in [5.41, 5.74) is 0.373. The molecular formula is C21H27FN6O2S3. The van der Waals surface area contributed by atoms with Crippen molar-refractivity contribution in [3.63, 3.8) is 0 Å². The van der Waals surface area contributed by atoms with Crippen molar-refractivity contribution in [1.82, 2.24) is 23.9 Å². The molecule has 0 spiro atoms. The number of anilines is 2. The molecule has 1 aromatic carbocycles. The molecule has 33 heavy (non-hydrogen) atoms. The lowest BCUT2D eigenvalue weighted by molar-refractivity contribution is 0.442. The monoisotopic (exact) mass is 510 g/mol. The number of nitrogens with one attached hydrogen (secondary N) is 2. The molecule has 1 saturated carbocycles. The molecule has 1 aliphatic carbocycles. The van der Waals surface area contributed by atoms with E-state index in [4.69, 9.17) is 0 Å². The van der Waals surface area contributed by atoms with Gasteiger partial charge in [0.2, 0.25) is 16.0 Å². The topological polar surface area (TPSA) is 102 Å². The summed E-state index contributed by atoms with van der Waals surface area (Å²) >= 11 is 1.50. The first-order valence-electron chi connectivity index (χ1n) is 10.8. The summed E-state index contributed by atoms with van der Waals surface area (Å²) < 4.78 is 43.7. The Morgan fingerprint density at radius 1 is 1.21 bits per heavy atom. The van der Waals surface area contributed by atoms with Gasteiger partial charge in [0.25, 0.3) is 0 Å². The van der Waals surface area contributed by atoms with E-state index in [0.717, 1.165) is 26.7 Å². The number of aromatic nitrogens is 4. The second-order valence-corrected chi connectivity index (χ2v) is 12.4. The Kier molecular flexibility index (Phi) is 7.08. The Balaban J connectivity index is 1.74. The first-order chi connectivity index (χ1) is 15.7. The Hall–Kier alpha value is -2.02. The third-order valence-corrected chi connectivity index (χ3v) is 8.71. The largest absolute Gasteiger partial charge is 0.323 e. The fraction of sp³-hybridized carbons (Fsp3) is 0.476. The second kappa shape index (κ2) is 9.69. The average Bonchev–Trinajstić information content (AvgIpc) is 3.42. The molecule has 4 rings (SSSR count). The van der Waals surface area contributed by atoms with Crippen molar-refractivity contribution in [3.05, 3.63) is 35.7 Å². The van der Waals surface area contributed by atoms with Crippen LogP contribution in [0.25, 0.3) is 10.4 Å². The fourth-order valence-corrected chi connectivity index (χ4v) is 7.00. The summed E-state index contributed by atoms with van der Waals surface area (Å²) in [6, 6.07) is 5.03. The molecule has 2 aromatic heterocycles. The molecule has 0 amide bonds. The molecule has 1 aliphatic rings. The molecule has 1 fully saturated rings. The van der Waals surface area contributed by atoms with Gasteiger partial charge in [0.15, 0.2) is 12.3 Å². The normalized spacial score (nSPS) is 15.6. The molecule has 0 atom stereocenters. The van der Waals surface area contributed by atoms with Crippen LogP contribution in [0.5, 0.6) is 0 Å². The van der Waals surface area contributed by atoms with Crippen LogP contribution in [0.4, 0.5) is 15.5 Å². The van der Waals surface area contributed by atoms with Gasteiger partial charge in [-0.15, -0.1) is 25.4 Å². The summed E-state index contributed by atoms with van der Waals surface area (Å²) in [6.07, 6.45) is 8.92. The van der Waals surface area contributed by atoms with Gasteiger partial charge >= 0.3 is 0 Å². The van der Waals surface area contributed by atoms with Gasteiger partial charge in [-0.1, -0.05) is 25.3 Å². The highest BCUT2D eigenvalue weighted by atomic mass is 32.2. The third kappa shape index (κ3) is 5.73. The Morgan fingerprint density at radius 3 is 2.67 bits per heavy atom. The van der Waals surface area contributed by atoms with Crippen molar-refractivity contribution in [2.45, 2.75) is 69.2 Å². The van der Waals surface area contributed by atoms with Crippen LogP contribution in [0.1, 0.15) is 63.8 Å². The highest BCUT2D eigenvalue weighted by molar-refractivity contribution is 7.92. The minimum atomic E-state index is -3.86. The number of halogens is 1. The maximum absolute atomic E-state index is 13.4. The van der Waals surface area contributed by atoms with Crippen LogP contribution in [0.15, 0.2) is 35.6 Å². The molecule has 178 valence electrons. The summed E-state index contributed by atoms with van der Waals surface area (Å²) in [6.45, 7) is 5.38. The van der Waals surface area contributed by atoms with Crippen LogP contribution in [-0.2, 0) is 10.0 Å². The highest BCUT2D eigenvalue weighted by Gasteiger charge is 2.27. The fourth-order valence-electron chi connectivity index (χ4n) is 3.92. The molecule has 8 nitrogen and oxygen atoms in total. The van der Waals surface area contributed by atoms with Crippen molar-refractivity contribution in [3.8, 4) is 10.4 Å². The third-order valence-electron chi connectivity index (χ3n) is 5.30. The van der Waals surface area contributed by atoms with E-state index in [0.29, 0.717) is 17.2 Å². The minimum Gasteiger partial charge on any atom is -0.323 e. The van der Waals surface area contributed by atoms with Crippen LogP contribution < -0.4 is 10.0 Å². The molecule has 0 aliphatic heterocycles. The summed E-state index contributed by atoms with van der Waals surface area (Å²) in [4.78, 5) is 5.57. The zero-order chi connectivity index (χ0) is 23.6. The van der Waals surface area contributed by atoms with Crippen molar-refractivity contribution in [2.24, 2.45) is 0 Å². The molecular weight excluding hydrogens is 483 g/mol. The van der Waals surface area contributed by atoms with Gasteiger partial charge in [-0.2, -0.15) is 0 Å². The van der Waals surface area contributed by atoms with E-state index in [1.165, 1.54) is 31.7 Å². The Labute approximate surface area is 201 Å². The van der Waals surface area contributed by atoms with E-state index >= 15 is 0 Å². The van der Waals surface area contributed by atoms with E-state index < -0.39 is 15.6 Å². The number of hydrogen-bond donors (Lipinski definition) is 2. The van der Waals surface area contributed by atoms with Crippen LogP contribution in [-0.4, -0.2) is 33.1 Å². The highest BCUT2D eigenvalue weighted by Crippen LogP contribution is 2.40. The van der Waals surface area contributed by atoms with Crippen molar-refractivity contribution < 1.29 is 12.3 Å². The smallest absolute Gasteiger partial charge is 0.241 e. The quantitative estimate of drug-likeness (QED) is 0.423. The molecule has 3 aromatic rings. The van der Waals surface area contributed by atoms with Crippen molar-refractivity contribution in [1.29, 1.82) is 0 Å². The first kappa shape index (κ1) is 24.1. The van der Waals surface area contributed by atoms with Gasteiger partial charge in [0.05, 0.1) is 14.8 Å². The summed E-state index contributed by atoms with van der Waals surface area (Å²) in [7, 11) is -3.86. The Morgan fingerprint density at radius 2 is 1.97 bits per heavy atom. The maximum Gasteiger partial charge on any atom is 0.241 e. The van der Waals surface area contributed by atoms with Crippen molar-refractivity contribution >= 4 is 45.3 Å². The van der Waals surface area contributed by atoms with Gasteiger partial charge in [-0.25, -0.2) is 22.1 Å². The van der Waals surface area contributed by atoms with Gasteiger partial charge in [-0.05, 0) is 45.7 Å². The molecule has 0 radical (unpaired) electrons. The Bertz CT molecular complexity index is 1210. The number of sulfonamides is 1. The van der Waals surface area contributed by atoms with Crippen LogP contribution in [0, 0.1) is 0 Å². The molecule has 0 bridgehead atoms. The number of nitrogens with zero attached hydrogens (tertiary/aromatic N) is 4. The number of thiazole rings is 1. The first-order valence-corrected chi connectivity index (χ1v) is 13.7. The lowest BCUT2D eigenvalue weighted by Gasteiger charge is -2.22. The van der Waals surface area contributed by atoms with E-state index in [9.17, 15) is 12.3 Å². The molecule has 2 heterocycles. The standard InChI is InChI=1S/C21H27FN6O2S3/c1-21(2,3)27-33(29,30)18-11-15(25-20-26-24-13-28(20)32-22)9-10-16(18)17-12-23-19(31-17)14-7-5-4-6-8-14/h9-14,27H,4-8H2,1-3H3,(H,25,26). The molecule has 12 heteroatoms. The van der Waals surface area contributed by atoms with Crippen LogP contribution in [0.2, 0.25) is 0 Å². The number of rotatable bonds is 7. The van der Waals surface area contributed by atoms with Gasteiger partial charge in [0.1, 0.15) is 6.33 Å². The molecule has 0 unspecified atom stereocenters. The zero-order valence-electron chi connectivity index (χ0n) is 18.7. The number of benzene rings is 1. The van der Waals surface area contributed by atoms with E-state index in [1.807, 2.05) is 0 Å². The van der Waals surface area contributed by atoms with Gasteiger partial charge < -0.3 is 5.32 Å². The summed E-state index contributed by atoms with van der Waals surface area (Å²) in [5.74, 6) is 0.593. The molecule has 2 N–H and O–H groups in total. The maximum atomic E-state index is 13.4. The predicted molar refractivity (Wildman–Crippen MR) is 131 cm³/mol. The average molecular weight is 511 g/mol. The minimum absolute atomic E-state index is 0.0528. The second-order valence-electron chi connectivity index (χ2n) is 9.14. The molecule has 0 saturated heterocycles.